The van der Waals surface area contributed by atoms with Gasteiger partial charge in [0.1, 0.15) is 5.76 Å². The Balaban J connectivity index is 2.44. The molecule has 1 heterocycles. The lowest BCUT2D eigenvalue weighted by atomic mass is 10.1. The highest BCUT2D eigenvalue weighted by Crippen LogP contribution is 2.21. The van der Waals surface area contributed by atoms with E-state index >= 15 is 0 Å². The van der Waals surface area contributed by atoms with E-state index in [-0.39, 0.29) is 0 Å². The smallest absolute Gasteiger partial charge is 0.226 e. The summed E-state index contributed by atoms with van der Waals surface area (Å²) in [5.41, 5.74) is 3.24. The summed E-state index contributed by atoms with van der Waals surface area (Å²) >= 11 is 0. The zero-order valence-corrected chi connectivity index (χ0v) is 8.66. The van der Waals surface area contributed by atoms with Crippen LogP contribution in [0.3, 0.4) is 0 Å². The Morgan fingerprint density at radius 2 is 1.64 bits per heavy atom. The third kappa shape index (κ3) is 1.55. The first-order valence-electron chi connectivity index (χ1n) is 4.68. The van der Waals surface area contributed by atoms with Gasteiger partial charge in [0.15, 0.2) is 0 Å². The highest BCUT2D eigenvalue weighted by Gasteiger charge is 2.06. The molecule has 0 aliphatic rings. The third-order valence-electron chi connectivity index (χ3n) is 2.33. The van der Waals surface area contributed by atoms with E-state index in [4.69, 9.17) is 4.42 Å². The van der Waals surface area contributed by atoms with E-state index in [9.17, 15) is 0 Å². The molecule has 0 saturated heterocycles. The zero-order chi connectivity index (χ0) is 10.1. The van der Waals surface area contributed by atoms with Crippen LogP contribution in [0.2, 0.25) is 0 Å². The predicted molar refractivity (Wildman–Crippen MR) is 56.2 cm³/mol. The largest absolute Gasteiger partial charge is 0.441 e. The third-order valence-corrected chi connectivity index (χ3v) is 2.33. The molecule has 0 aliphatic carbocycles. The summed E-state index contributed by atoms with van der Waals surface area (Å²) in [7, 11) is 0. The summed E-state index contributed by atoms with van der Waals surface area (Å²) in [5.74, 6) is 1.60. The van der Waals surface area contributed by atoms with Gasteiger partial charge in [-0.1, -0.05) is 17.7 Å². The molecular weight excluding hydrogens is 174 g/mol. The van der Waals surface area contributed by atoms with Crippen molar-refractivity contribution in [2.24, 2.45) is 0 Å². The zero-order valence-electron chi connectivity index (χ0n) is 8.66. The lowest BCUT2D eigenvalue weighted by molar-refractivity contribution is 0.541. The standard InChI is InChI=1S/C12H13NO/c1-8-4-6-11(7-5-8)12-13-9(2)10(3)14-12/h4-7H,1-3H3. The Hall–Kier alpha value is -1.57. The second-order valence-corrected chi connectivity index (χ2v) is 3.53. The van der Waals surface area contributed by atoms with Crippen LogP contribution in [0.4, 0.5) is 0 Å². The molecule has 14 heavy (non-hydrogen) atoms. The molecular formula is C12H13NO. The predicted octanol–water partition coefficient (Wildman–Crippen LogP) is 3.27. The summed E-state index contributed by atoms with van der Waals surface area (Å²) < 4.78 is 5.53. The summed E-state index contributed by atoms with van der Waals surface area (Å²) in [6.07, 6.45) is 0. The molecule has 0 radical (unpaired) electrons. The first-order chi connectivity index (χ1) is 6.66. The van der Waals surface area contributed by atoms with Crippen molar-refractivity contribution < 1.29 is 4.42 Å². The van der Waals surface area contributed by atoms with E-state index in [2.05, 4.69) is 24.0 Å². The molecule has 0 unspecified atom stereocenters. The average Bonchev–Trinajstić information content (AvgIpc) is 2.48. The molecule has 0 spiro atoms. The maximum Gasteiger partial charge on any atom is 0.226 e. The Morgan fingerprint density at radius 1 is 1.00 bits per heavy atom. The van der Waals surface area contributed by atoms with Gasteiger partial charge in [-0.2, -0.15) is 0 Å². The minimum absolute atomic E-state index is 0.708. The molecule has 0 N–H and O–H groups in total. The van der Waals surface area contributed by atoms with Gasteiger partial charge in [0.2, 0.25) is 5.89 Å². The van der Waals surface area contributed by atoms with Crippen LogP contribution in [0.15, 0.2) is 28.7 Å². The van der Waals surface area contributed by atoms with Crippen LogP contribution < -0.4 is 0 Å². The van der Waals surface area contributed by atoms with Gasteiger partial charge in [-0.3, -0.25) is 0 Å². The number of nitrogens with zero attached hydrogens (tertiary/aromatic N) is 1. The molecule has 0 aliphatic heterocycles. The fraction of sp³-hybridized carbons (Fsp3) is 0.250. The maximum atomic E-state index is 5.53. The van der Waals surface area contributed by atoms with Crippen molar-refractivity contribution in [3.8, 4) is 11.5 Å². The van der Waals surface area contributed by atoms with Crippen LogP contribution in [0.5, 0.6) is 0 Å². The van der Waals surface area contributed by atoms with Crippen molar-refractivity contribution in [2.45, 2.75) is 20.8 Å². The molecule has 72 valence electrons. The number of oxazole rings is 1. The van der Waals surface area contributed by atoms with Crippen LogP contribution >= 0.6 is 0 Å². The molecule has 1 aromatic heterocycles. The summed E-state index contributed by atoms with van der Waals surface area (Å²) in [4.78, 5) is 4.34. The number of hydrogen-bond donors (Lipinski definition) is 0. The minimum atomic E-state index is 0.708. The summed E-state index contributed by atoms with van der Waals surface area (Å²) in [5, 5.41) is 0. The van der Waals surface area contributed by atoms with Crippen LogP contribution in [0, 0.1) is 20.8 Å². The molecule has 2 nitrogen and oxygen atoms in total. The number of aromatic nitrogens is 1. The highest BCUT2D eigenvalue weighted by atomic mass is 16.4. The first-order valence-corrected chi connectivity index (χ1v) is 4.68. The van der Waals surface area contributed by atoms with Gasteiger partial charge < -0.3 is 4.42 Å². The SMILES string of the molecule is Cc1ccc(-c2nc(C)c(C)o2)cc1. The van der Waals surface area contributed by atoms with Crippen LogP contribution in [-0.4, -0.2) is 4.98 Å². The number of rotatable bonds is 1. The molecule has 0 amide bonds. The lowest BCUT2D eigenvalue weighted by Gasteiger charge is -1.95. The van der Waals surface area contributed by atoms with Crippen molar-refractivity contribution in [1.29, 1.82) is 0 Å². The van der Waals surface area contributed by atoms with Crippen LogP contribution in [0.1, 0.15) is 17.0 Å². The Labute approximate surface area is 83.6 Å². The monoisotopic (exact) mass is 187 g/mol. The topological polar surface area (TPSA) is 26.0 Å². The molecule has 2 aromatic rings. The molecule has 0 atom stereocenters. The molecule has 1 aromatic carbocycles. The van der Waals surface area contributed by atoms with Crippen molar-refractivity contribution >= 4 is 0 Å². The molecule has 0 saturated carbocycles. The van der Waals surface area contributed by atoms with E-state index in [1.54, 1.807) is 0 Å². The van der Waals surface area contributed by atoms with Gasteiger partial charge in [-0.05, 0) is 32.9 Å². The molecule has 0 fully saturated rings. The van der Waals surface area contributed by atoms with Crippen molar-refractivity contribution in [1.82, 2.24) is 4.98 Å². The minimum Gasteiger partial charge on any atom is -0.441 e. The number of hydrogen-bond acceptors (Lipinski definition) is 2. The highest BCUT2D eigenvalue weighted by molar-refractivity contribution is 5.54. The second kappa shape index (κ2) is 3.29. The van der Waals surface area contributed by atoms with Crippen LogP contribution in [-0.2, 0) is 0 Å². The van der Waals surface area contributed by atoms with E-state index < -0.39 is 0 Å². The van der Waals surface area contributed by atoms with Gasteiger partial charge in [0.05, 0.1) is 5.69 Å². The second-order valence-electron chi connectivity index (χ2n) is 3.53. The van der Waals surface area contributed by atoms with Crippen molar-refractivity contribution in [3.63, 3.8) is 0 Å². The Kier molecular flexibility index (Phi) is 2.12. The van der Waals surface area contributed by atoms with Crippen molar-refractivity contribution in [2.75, 3.05) is 0 Å². The van der Waals surface area contributed by atoms with Gasteiger partial charge >= 0.3 is 0 Å². The Bertz CT molecular complexity index is 420. The van der Waals surface area contributed by atoms with E-state index in [1.165, 1.54) is 5.56 Å². The number of benzene rings is 1. The van der Waals surface area contributed by atoms with E-state index in [0.717, 1.165) is 17.0 Å². The number of aryl methyl sites for hydroxylation is 3. The maximum absolute atomic E-state index is 5.53. The normalized spacial score (nSPS) is 10.5. The first kappa shape index (κ1) is 9.00. The fourth-order valence-electron chi connectivity index (χ4n) is 1.29. The fourth-order valence-corrected chi connectivity index (χ4v) is 1.29. The quantitative estimate of drug-likeness (QED) is 0.684. The lowest BCUT2D eigenvalue weighted by Crippen LogP contribution is -1.78. The van der Waals surface area contributed by atoms with Gasteiger partial charge in [0.25, 0.3) is 0 Å². The molecule has 2 rings (SSSR count). The Morgan fingerprint density at radius 3 is 2.14 bits per heavy atom. The van der Waals surface area contributed by atoms with E-state index in [0.29, 0.717) is 5.89 Å². The van der Waals surface area contributed by atoms with Gasteiger partial charge in [0, 0.05) is 5.56 Å². The summed E-state index contributed by atoms with van der Waals surface area (Å²) in [6, 6.07) is 8.18. The van der Waals surface area contributed by atoms with Gasteiger partial charge in [-0.25, -0.2) is 4.98 Å². The summed E-state index contributed by atoms with van der Waals surface area (Å²) in [6.45, 7) is 5.95. The average molecular weight is 187 g/mol. The molecule has 2 heteroatoms. The van der Waals surface area contributed by atoms with Crippen molar-refractivity contribution in [3.05, 3.63) is 41.3 Å². The van der Waals surface area contributed by atoms with E-state index in [1.807, 2.05) is 26.0 Å². The van der Waals surface area contributed by atoms with Crippen LogP contribution in [0.25, 0.3) is 11.5 Å². The van der Waals surface area contributed by atoms with Gasteiger partial charge in [-0.15, -0.1) is 0 Å². The molecule has 0 bridgehead atoms.